The third kappa shape index (κ3) is 4.35. The summed E-state index contributed by atoms with van der Waals surface area (Å²) in [4.78, 5) is 24.8. The minimum Gasteiger partial charge on any atom is -0.347 e. The highest BCUT2D eigenvalue weighted by atomic mass is 16.1. The molecule has 38 heavy (non-hydrogen) atoms. The molecule has 0 amide bonds. The van der Waals surface area contributed by atoms with Gasteiger partial charge in [0, 0.05) is 52.5 Å². The van der Waals surface area contributed by atoms with E-state index >= 15 is 0 Å². The van der Waals surface area contributed by atoms with Crippen molar-refractivity contribution in [2.45, 2.75) is 75.9 Å². The van der Waals surface area contributed by atoms with Gasteiger partial charge in [-0.3, -0.25) is 9.36 Å². The number of hydrogen-bond donors (Lipinski definition) is 1. The highest BCUT2D eigenvalue weighted by Gasteiger charge is 2.35. The molecular formula is C30H35N7O. The van der Waals surface area contributed by atoms with Crippen molar-refractivity contribution >= 4 is 33.6 Å². The maximum absolute atomic E-state index is 13.1. The molecular weight excluding hydrogens is 474 g/mol. The standard InChI is InChI=1S/C30H35N7O/c1-35(2)30(12-5-6-13-30)14-16-36-15-11-21-18-24(9-10-26(21)36)33-29-32-20-23-17-22(19-31)28(38)37(27(23)34-29)25-7-3-4-8-25/h9-11,15,17-18,20,25H,3-8,12-14,16H2,1-2H3,(H,32,33,34). The fraction of sp³-hybridized carbons (Fsp3) is 0.467. The highest BCUT2D eigenvalue weighted by molar-refractivity contribution is 5.85. The Bertz CT molecular complexity index is 1580. The van der Waals surface area contributed by atoms with Gasteiger partial charge in [-0.2, -0.15) is 10.2 Å². The van der Waals surface area contributed by atoms with Gasteiger partial charge in [-0.25, -0.2) is 4.98 Å². The van der Waals surface area contributed by atoms with Crippen LogP contribution in [0.5, 0.6) is 0 Å². The molecule has 2 aliphatic rings. The molecule has 1 aromatic carbocycles. The van der Waals surface area contributed by atoms with Gasteiger partial charge in [-0.1, -0.05) is 25.7 Å². The number of fused-ring (bicyclic) bond motifs is 2. The second kappa shape index (κ2) is 9.88. The molecule has 0 bridgehead atoms. The number of anilines is 2. The molecule has 1 N–H and O–H groups in total. The van der Waals surface area contributed by atoms with E-state index in [9.17, 15) is 10.1 Å². The Balaban J connectivity index is 1.27. The third-order valence-corrected chi connectivity index (χ3v) is 8.91. The van der Waals surface area contributed by atoms with E-state index in [1.54, 1.807) is 16.8 Å². The van der Waals surface area contributed by atoms with E-state index in [2.05, 4.69) is 64.3 Å². The van der Waals surface area contributed by atoms with E-state index in [0.717, 1.165) is 44.3 Å². The van der Waals surface area contributed by atoms with Crippen LogP contribution in [0.2, 0.25) is 0 Å². The van der Waals surface area contributed by atoms with Gasteiger partial charge >= 0.3 is 0 Å². The fourth-order valence-corrected chi connectivity index (χ4v) is 6.65. The summed E-state index contributed by atoms with van der Waals surface area (Å²) in [6.07, 6.45) is 14.3. The van der Waals surface area contributed by atoms with Crippen LogP contribution in [0.3, 0.4) is 0 Å². The molecule has 0 aliphatic heterocycles. The Labute approximate surface area is 222 Å². The zero-order valence-corrected chi connectivity index (χ0v) is 22.3. The molecule has 3 aromatic heterocycles. The summed E-state index contributed by atoms with van der Waals surface area (Å²) in [7, 11) is 4.45. The molecule has 4 aromatic rings. The fourth-order valence-electron chi connectivity index (χ4n) is 6.65. The Morgan fingerprint density at radius 3 is 2.63 bits per heavy atom. The molecule has 8 nitrogen and oxygen atoms in total. The molecule has 2 aliphatic carbocycles. The van der Waals surface area contributed by atoms with Gasteiger partial charge in [0.1, 0.15) is 17.3 Å². The largest absolute Gasteiger partial charge is 0.347 e. The zero-order chi connectivity index (χ0) is 26.3. The summed E-state index contributed by atoms with van der Waals surface area (Å²) in [5, 5.41) is 14.7. The minimum atomic E-state index is -0.257. The summed E-state index contributed by atoms with van der Waals surface area (Å²) in [5.74, 6) is 0.446. The molecule has 3 heterocycles. The van der Waals surface area contributed by atoms with Crippen molar-refractivity contribution in [1.29, 1.82) is 5.26 Å². The second-order valence-corrected chi connectivity index (χ2v) is 11.2. The molecule has 196 valence electrons. The van der Waals surface area contributed by atoms with E-state index in [-0.39, 0.29) is 17.2 Å². The van der Waals surface area contributed by atoms with E-state index in [0.29, 0.717) is 22.5 Å². The van der Waals surface area contributed by atoms with Crippen molar-refractivity contribution in [2.75, 3.05) is 19.4 Å². The lowest BCUT2D eigenvalue weighted by molar-refractivity contribution is 0.139. The van der Waals surface area contributed by atoms with Crippen molar-refractivity contribution in [2.24, 2.45) is 0 Å². The van der Waals surface area contributed by atoms with Gasteiger partial charge in [-0.15, -0.1) is 0 Å². The zero-order valence-electron chi connectivity index (χ0n) is 22.3. The molecule has 2 saturated carbocycles. The maximum Gasteiger partial charge on any atom is 0.270 e. The van der Waals surface area contributed by atoms with Gasteiger partial charge in [0.2, 0.25) is 5.95 Å². The number of aromatic nitrogens is 4. The first kappa shape index (κ1) is 24.6. The van der Waals surface area contributed by atoms with E-state index in [4.69, 9.17) is 4.98 Å². The van der Waals surface area contributed by atoms with Crippen LogP contribution >= 0.6 is 0 Å². The number of nitriles is 1. The van der Waals surface area contributed by atoms with E-state index in [1.165, 1.54) is 36.6 Å². The van der Waals surface area contributed by atoms with E-state index < -0.39 is 0 Å². The van der Waals surface area contributed by atoms with Gasteiger partial charge in [0.25, 0.3) is 5.56 Å². The van der Waals surface area contributed by atoms with Crippen LogP contribution in [-0.4, -0.2) is 43.6 Å². The van der Waals surface area contributed by atoms with Crippen LogP contribution in [0, 0.1) is 11.3 Å². The summed E-state index contributed by atoms with van der Waals surface area (Å²) < 4.78 is 4.09. The molecule has 0 atom stereocenters. The smallest absolute Gasteiger partial charge is 0.270 e. The first-order valence-corrected chi connectivity index (χ1v) is 13.8. The predicted octanol–water partition coefficient (Wildman–Crippen LogP) is 5.74. The topological polar surface area (TPSA) is 91.8 Å². The quantitative estimate of drug-likeness (QED) is 0.342. The lowest BCUT2D eigenvalue weighted by atomic mass is 9.92. The van der Waals surface area contributed by atoms with E-state index in [1.807, 2.05) is 6.07 Å². The predicted molar refractivity (Wildman–Crippen MR) is 151 cm³/mol. The Morgan fingerprint density at radius 1 is 1.11 bits per heavy atom. The number of hydrogen-bond acceptors (Lipinski definition) is 6. The molecule has 0 unspecified atom stereocenters. The van der Waals surface area contributed by atoms with Crippen molar-refractivity contribution < 1.29 is 0 Å². The van der Waals surface area contributed by atoms with Crippen molar-refractivity contribution in [3.8, 4) is 6.07 Å². The number of pyridine rings is 1. The number of rotatable bonds is 7. The maximum atomic E-state index is 13.1. The van der Waals surface area contributed by atoms with Crippen molar-refractivity contribution in [3.05, 3.63) is 58.6 Å². The Morgan fingerprint density at radius 2 is 1.89 bits per heavy atom. The Hall–Kier alpha value is -3.70. The molecule has 8 heteroatoms. The lowest BCUT2D eigenvalue weighted by Gasteiger charge is -2.36. The van der Waals surface area contributed by atoms with Gasteiger partial charge in [-0.05, 0) is 76.5 Å². The first-order chi connectivity index (χ1) is 18.5. The average molecular weight is 510 g/mol. The van der Waals surface area contributed by atoms with Gasteiger partial charge in [0.05, 0.1) is 0 Å². The lowest BCUT2D eigenvalue weighted by Crippen LogP contribution is -2.42. The molecule has 0 saturated heterocycles. The van der Waals surface area contributed by atoms with Crippen LogP contribution in [0.25, 0.3) is 21.9 Å². The number of aryl methyl sites for hydroxylation is 1. The van der Waals surface area contributed by atoms with Gasteiger partial charge < -0.3 is 14.8 Å². The van der Waals surface area contributed by atoms with Crippen LogP contribution in [0.15, 0.2) is 47.5 Å². The third-order valence-electron chi connectivity index (χ3n) is 8.91. The summed E-state index contributed by atoms with van der Waals surface area (Å²) >= 11 is 0. The number of nitrogens with one attached hydrogen (secondary N) is 1. The Kier molecular flexibility index (Phi) is 6.40. The van der Waals surface area contributed by atoms with Crippen LogP contribution < -0.4 is 10.9 Å². The normalized spacial score (nSPS) is 17.5. The summed E-state index contributed by atoms with van der Waals surface area (Å²) in [6, 6.07) is 12.2. The van der Waals surface area contributed by atoms with Crippen LogP contribution in [0.4, 0.5) is 11.6 Å². The number of nitrogens with zero attached hydrogens (tertiary/aromatic N) is 6. The molecule has 2 fully saturated rings. The number of benzene rings is 1. The summed E-state index contributed by atoms with van der Waals surface area (Å²) in [5.41, 5.74) is 2.92. The SMILES string of the molecule is CN(C)C1(CCn2ccc3cc(Nc4ncc5cc(C#N)c(=O)n(C6CCCC6)c5n4)ccc32)CCCC1. The van der Waals surface area contributed by atoms with Crippen molar-refractivity contribution in [3.63, 3.8) is 0 Å². The summed E-state index contributed by atoms with van der Waals surface area (Å²) in [6.45, 7) is 1.01. The average Bonchev–Trinajstić information content (AvgIpc) is 3.69. The molecule has 0 radical (unpaired) electrons. The monoisotopic (exact) mass is 509 g/mol. The minimum absolute atomic E-state index is 0.0769. The van der Waals surface area contributed by atoms with Crippen LogP contribution in [-0.2, 0) is 6.54 Å². The highest BCUT2D eigenvalue weighted by Crippen LogP contribution is 2.37. The molecule has 0 spiro atoms. The van der Waals surface area contributed by atoms with Crippen LogP contribution in [0.1, 0.15) is 69.4 Å². The first-order valence-electron chi connectivity index (χ1n) is 13.8. The van der Waals surface area contributed by atoms with Crippen molar-refractivity contribution in [1.82, 2.24) is 24.0 Å². The molecule has 6 rings (SSSR count). The van der Waals surface area contributed by atoms with Gasteiger partial charge in [0.15, 0.2) is 0 Å². The second-order valence-electron chi connectivity index (χ2n) is 11.2.